The molecule has 1 saturated carbocycles. The Labute approximate surface area is 107 Å². The van der Waals surface area contributed by atoms with Gasteiger partial charge in [-0.2, -0.15) is 0 Å². The molecule has 0 radical (unpaired) electrons. The van der Waals surface area contributed by atoms with E-state index >= 15 is 0 Å². The number of nitrogens with zero attached hydrogens (tertiary/aromatic N) is 2. The van der Waals surface area contributed by atoms with Gasteiger partial charge in [-0.1, -0.05) is 0 Å². The van der Waals surface area contributed by atoms with E-state index in [1.165, 1.54) is 7.11 Å². The highest BCUT2D eigenvalue weighted by atomic mass is 16.5. The van der Waals surface area contributed by atoms with Gasteiger partial charge in [-0.25, -0.2) is 0 Å². The van der Waals surface area contributed by atoms with Crippen LogP contribution in [0.1, 0.15) is 12.8 Å². The Morgan fingerprint density at radius 3 is 2.17 bits per heavy atom. The summed E-state index contributed by atoms with van der Waals surface area (Å²) in [5.74, 6) is -0.0751. The molecule has 1 aliphatic heterocycles. The maximum Gasteiger partial charge on any atom is 0.319 e. The number of piperazine rings is 1. The number of ether oxygens (including phenoxy) is 1. The third kappa shape index (κ3) is 4.27. The lowest BCUT2D eigenvalue weighted by atomic mass is 10.3. The average molecular weight is 255 g/mol. The maximum absolute atomic E-state index is 11.6. The number of carbonyl (C=O) groups is 2. The lowest BCUT2D eigenvalue weighted by Crippen LogP contribution is -2.50. The molecule has 0 spiro atoms. The number of hydrogen-bond acceptors (Lipinski definition) is 5. The molecule has 18 heavy (non-hydrogen) atoms. The van der Waals surface area contributed by atoms with Gasteiger partial charge in [0.2, 0.25) is 5.91 Å². The van der Waals surface area contributed by atoms with Crippen LogP contribution in [0.5, 0.6) is 0 Å². The highest BCUT2D eigenvalue weighted by molar-refractivity contribution is 5.78. The summed E-state index contributed by atoms with van der Waals surface area (Å²) in [6.45, 7) is 4.10. The van der Waals surface area contributed by atoms with Gasteiger partial charge in [0, 0.05) is 32.2 Å². The third-order valence-corrected chi connectivity index (χ3v) is 3.35. The Kier molecular flexibility index (Phi) is 4.54. The smallest absolute Gasteiger partial charge is 0.319 e. The number of methoxy groups -OCH3 is 1. The van der Waals surface area contributed by atoms with Gasteiger partial charge in [0.1, 0.15) is 0 Å². The van der Waals surface area contributed by atoms with Gasteiger partial charge >= 0.3 is 5.97 Å². The SMILES string of the molecule is COC(=O)CN1CCN(CC(=O)NC2CC2)CC1. The van der Waals surface area contributed by atoms with Crippen LogP contribution in [0.4, 0.5) is 0 Å². The average Bonchev–Trinajstić information content (AvgIpc) is 3.15. The predicted molar refractivity (Wildman–Crippen MR) is 66.1 cm³/mol. The van der Waals surface area contributed by atoms with Crippen LogP contribution in [0.2, 0.25) is 0 Å². The second-order valence-corrected chi connectivity index (χ2v) is 4.97. The molecular weight excluding hydrogens is 234 g/mol. The van der Waals surface area contributed by atoms with Crippen LogP contribution in [0, 0.1) is 0 Å². The highest BCUT2D eigenvalue weighted by Gasteiger charge is 2.25. The van der Waals surface area contributed by atoms with Gasteiger partial charge in [0.15, 0.2) is 0 Å². The Bertz CT molecular complexity index is 310. The standard InChI is InChI=1S/C12H21N3O3/c1-18-12(17)9-15-6-4-14(5-7-15)8-11(16)13-10-2-3-10/h10H,2-9H2,1H3,(H,13,16). The van der Waals surface area contributed by atoms with Gasteiger partial charge in [0.05, 0.1) is 20.2 Å². The van der Waals surface area contributed by atoms with Gasteiger partial charge < -0.3 is 10.1 Å². The quantitative estimate of drug-likeness (QED) is 0.642. The minimum atomic E-state index is -0.199. The van der Waals surface area contributed by atoms with E-state index < -0.39 is 0 Å². The first-order valence-electron chi connectivity index (χ1n) is 6.48. The van der Waals surface area contributed by atoms with E-state index in [0.717, 1.165) is 39.0 Å². The number of nitrogens with one attached hydrogen (secondary N) is 1. The van der Waals surface area contributed by atoms with Crippen LogP contribution < -0.4 is 5.32 Å². The summed E-state index contributed by atoms with van der Waals surface area (Å²) < 4.78 is 4.64. The zero-order chi connectivity index (χ0) is 13.0. The fraction of sp³-hybridized carbons (Fsp3) is 0.833. The van der Waals surface area contributed by atoms with Gasteiger partial charge in [-0.05, 0) is 12.8 Å². The molecule has 0 atom stereocenters. The maximum atomic E-state index is 11.6. The topological polar surface area (TPSA) is 61.9 Å². The molecule has 0 aromatic heterocycles. The molecule has 1 heterocycles. The van der Waals surface area contributed by atoms with E-state index in [0.29, 0.717) is 19.1 Å². The molecule has 0 aromatic rings. The van der Waals surface area contributed by atoms with Gasteiger partial charge in [-0.15, -0.1) is 0 Å². The Morgan fingerprint density at radius 2 is 1.67 bits per heavy atom. The summed E-state index contributed by atoms with van der Waals surface area (Å²) >= 11 is 0. The zero-order valence-electron chi connectivity index (χ0n) is 10.9. The fourth-order valence-electron chi connectivity index (χ4n) is 2.06. The van der Waals surface area contributed by atoms with Crippen molar-refractivity contribution < 1.29 is 14.3 Å². The van der Waals surface area contributed by atoms with Crippen LogP contribution in [-0.4, -0.2) is 74.1 Å². The first-order chi connectivity index (χ1) is 8.67. The van der Waals surface area contributed by atoms with Crippen LogP contribution in [0.25, 0.3) is 0 Å². The monoisotopic (exact) mass is 255 g/mol. The van der Waals surface area contributed by atoms with E-state index in [1.54, 1.807) is 0 Å². The number of carbonyl (C=O) groups excluding carboxylic acids is 2. The Morgan fingerprint density at radius 1 is 1.11 bits per heavy atom. The van der Waals surface area contributed by atoms with E-state index in [9.17, 15) is 9.59 Å². The molecule has 0 aromatic carbocycles. The normalized spacial score (nSPS) is 21.6. The minimum absolute atomic E-state index is 0.124. The largest absolute Gasteiger partial charge is 0.468 e. The molecule has 0 unspecified atom stereocenters. The van der Waals surface area contributed by atoms with Crippen LogP contribution in [0.3, 0.4) is 0 Å². The molecule has 6 nitrogen and oxygen atoms in total. The van der Waals surface area contributed by atoms with Gasteiger partial charge in [0.25, 0.3) is 0 Å². The first-order valence-corrected chi connectivity index (χ1v) is 6.48. The van der Waals surface area contributed by atoms with Crippen molar-refractivity contribution in [3.63, 3.8) is 0 Å². The summed E-state index contributed by atoms with van der Waals surface area (Å²) in [5, 5.41) is 2.99. The molecule has 6 heteroatoms. The van der Waals surface area contributed by atoms with Crippen LogP contribution in [0.15, 0.2) is 0 Å². The van der Waals surface area contributed by atoms with E-state index in [4.69, 9.17) is 0 Å². The van der Waals surface area contributed by atoms with Crippen molar-refractivity contribution in [1.82, 2.24) is 15.1 Å². The van der Waals surface area contributed by atoms with Crippen molar-refractivity contribution in [2.24, 2.45) is 0 Å². The molecule has 1 aliphatic carbocycles. The predicted octanol–water partition coefficient (Wildman–Crippen LogP) is -0.944. The first kappa shape index (κ1) is 13.3. The summed E-state index contributed by atoms with van der Waals surface area (Å²) in [4.78, 5) is 26.9. The van der Waals surface area contributed by atoms with E-state index in [-0.39, 0.29) is 11.9 Å². The summed E-state index contributed by atoms with van der Waals surface area (Å²) in [5.41, 5.74) is 0. The fourth-order valence-corrected chi connectivity index (χ4v) is 2.06. The molecular formula is C12H21N3O3. The molecule has 2 fully saturated rings. The zero-order valence-corrected chi connectivity index (χ0v) is 10.9. The molecule has 1 amide bonds. The van der Waals surface area contributed by atoms with Crippen LogP contribution >= 0.6 is 0 Å². The number of rotatable bonds is 5. The van der Waals surface area contributed by atoms with Crippen molar-refractivity contribution in [1.29, 1.82) is 0 Å². The highest BCUT2D eigenvalue weighted by Crippen LogP contribution is 2.18. The van der Waals surface area contributed by atoms with Crippen molar-refractivity contribution in [2.45, 2.75) is 18.9 Å². The van der Waals surface area contributed by atoms with Crippen LogP contribution in [-0.2, 0) is 14.3 Å². The van der Waals surface area contributed by atoms with E-state index in [2.05, 4.69) is 19.9 Å². The third-order valence-electron chi connectivity index (χ3n) is 3.35. The molecule has 1 N–H and O–H groups in total. The lowest BCUT2D eigenvalue weighted by molar-refractivity contribution is -0.142. The molecule has 1 saturated heterocycles. The molecule has 102 valence electrons. The summed E-state index contributed by atoms with van der Waals surface area (Å²) in [7, 11) is 1.40. The number of esters is 1. The minimum Gasteiger partial charge on any atom is -0.468 e. The second-order valence-electron chi connectivity index (χ2n) is 4.97. The molecule has 2 aliphatic rings. The molecule has 0 bridgehead atoms. The van der Waals surface area contributed by atoms with Gasteiger partial charge in [-0.3, -0.25) is 19.4 Å². The van der Waals surface area contributed by atoms with E-state index in [1.807, 2.05) is 0 Å². The number of amides is 1. The van der Waals surface area contributed by atoms with Crippen molar-refractivity contribution in [3.05, 3.63) is 0 Å². The van der Waals surface area contributed by atoms with Crippen molar-refractivity contribution in [2.75, 3.05) is 46.4 Å². The van der Waals surface area contributed by atoms with Crippen molar-refractivity contribution >= 4 is 11.9 Å². The summed E-state index contributed by atoms with van der Waals surface area (Å²) in [6, 6.07) is 0.429. The Hall–Kier alpha value is -1.14. The Balaban J connectivity index is 1.63. The molecule has 2 rings (SSSR count). The van der Waals surface area contributed by atoms with Crippen molar-refractivity contribution in [3.8, 4) is 0 Å². The lowest BCUT2D eigenvalue weighted by Gasteiger charge is -2.33. The summed E-state index contributed by atoms with van der Waals surface area (Å²) in [6.07, 6.45) is 2.25. The second kappa shape index (κ2) is 6.15. The number of hydrogen-bond donors (Lipinski definition) is 1.